The van der Waals surface area contributed by atoms with Crippen molar-refractivity contribution in [1.82, 2.24) is 10.3 Å². The van der Waals surface area contributed by atoms with Crippen LogP contribution in [-0.2, 0) is 13.0 Å². The molecule has 1 heterocycles. The van der Waals surface area contributed by atoms with Crippen molar-refractivity contribution in [1.29, 1.82) is 0 Å². The minimum atomic E-state index is 0.957. The van der Waals surface area contributed by atoms with E-state index < -0.39 is 0 Å². The van der Waals surface area contributed by atoms with Gasteiger partial charge >= 0.3 is 0 Å². The van der Waals surface area contributed by atoms with Crippen molar-refractivity contribution in [3.63, 3.8) is 0 Å². The van der Waals surface area contributed by atoms with Crippen LogP contribution in [0.4, 0.5) is 0 Å². The molecule has 0 radical (unpaired) electrons. The van der Waals surface area contributed by atoms with E-state index in [0.29, 0.717) is 0 Å². The van der Waals surface area contributed by atoms with Gasteiger partial charge in [-0.15, -0.1) is 23.1 Å². The summed E-state index contributed by atoms with van der Waals surface area (Å²) in [6.07, 6.45) is 1.11. The normalized spacial score (nSPS) is 10.8. The van der Waals surface area contributed by atoms with Crippen LogP contribution >= 0.6 is 23.1 Å². The Morgan fingerprint density at radius 1 is 1.37 bits per heavy atom. The van der Waals surface area contributed by atoms with Crippen molar-refractivity contribution in [3.05, 3.63) is 45.9 Å². The second-order valence-electron chi connectivity index (χ2n) is 4.39. The van der Waals surface area contributed by atoms with Crippen molar-refractivity contribution in [2.75, 3.05) is 12.3 Å². The molecular formula is C15H20N2S2. The molecule has 102 valence electrons. The first-order valence-corrected chi connectivity index (χ1v) is 8.47. The van der Waals surface area contributed by atoms with Gasteiger partial charge in [0.15, 0.2) is 0 Å². The van der Waals surface area contributed by atoms with Gasteiger partial charge in [-0.3, -0.25) is 0 Å². The van der Waals surface area contributed by atoms with Crippen LogP contribution in [0.2, 0.25) is 0 Å². The Bertz CT molecular complexity index is 508. The second kappa shape index (κ2) is 7.68. The summed E-state index contributed by atoms with van der Waals surface area (Å²) >= 11 is 3.69. The summed E-state index contributed by atoms with van der Waals surface area (Å²) in [6, 6.07) is 8.81. The van der Waals surface area contributed by atoms with E-state index in [9.17, 15) is 0 Å². The van der Waals surface area contributed by atoms with E-state index in [1.54, 1.807) is 11.3 Å². The third kappa shape index (κ3) is 4.64. The number of thiazole rings is 1. The molecule has 0 fully saturated rings. The SMILES string of the molecule is CCNCc1cccc(SCCc2scnc2C)c1. The highest BCUT2D eigenvalue weighted by Gasteiger charge is 2.02. The molecule has 0 atom stereocenters. The summed E-state index contributed by atoms with van der Waals surface area (Å²) in [5.74, 6) is 1.12. The largest absolute Gasteiger partial charge is 0.313 e. The lowest BCUT2D eigenvalue weighted by Gasteiger charge is -2.05. The monoisotopic (exact) mass is 292 g/mol. The molecule has 0 amide bonds. The van der Waals surface area contributed by atoms with Crippen LogP contribution in [0.5, 0.6) is 0 Å². The van der Waals surface area contributed by atoms with E-state index in [4.69, 9.17) is 0 Å². The van der Waals surface area contributed by atoms with Crippen molar-refractivity contribution >= 4 is 23.1 Å². The van der Waals surface area contributed by atoms with Crippen LogP contribution < -0.4 is 5.32 Å². The van der Waals surface area contributed by atoms with E-state index >= 15 is 0 Å². The predicted octanol–water partition coefficient (Wildman–Crippen LogP) is 3.90. The van der Waals surface area contributed by atoms with Crippen LogP contribution in [0, 0.1) is 6.92 Å². The second-order valence-corrected chi connectivity index (χ2v) is 6.49. The summed E-state index contributed by atoms with van der Waals surface area (Å²) in [5, 5.41) is 3.36. The number of nitrogens with zero attached hydrogens (tertiary/aromatic N) is 1. The van der Waals surface area contributed by atoms with Gasteiger partial charge in [-0.2, -0.15) is 0 Å². The molecule has 2 rings (SSSR count). The summed E-state index contributed by atoms with van der Waals surface area (Å²) in [5.41, 5.74) is 4.49. The highest BCUT2D eigenvalue weighted by atomic mass is 32.2. The Labute approximate surface area is 123 Å². The Balaban J connectivity index is 1.84. The lowest BCUT2D eigenvalue weighted by atomic mass is 10.2. The van der Waals surface area contributed by atoms with E-state index in [1.165, 1.54) is 21.0 Å². The van der Waals surface area contributed by atoms with Crippen LogP contribution in [0.15, 0.2) is 34.7 Å². The van der Waals surface area contributed by atoms with E-state index in [-0.39, 0.29) is 0 Å². The van der Waals surface area contributed by atoms with Gasteiger partial charge in [0, 0.05) is 22.1 Å². The summed E-state index contributed by atoms with van der Waals surface area (Å²) < 4.78 is 0. The number of thioether (sulfide) groups is 1. The van der Waals surface area contributed by atoms with Crippen molar-refractivity contribution in [3.8, 4) is 0 Å². The molecule has 0 aliphatic carbocycles. The predicted molar refractivity (Wildman–Crippen MR) is 85.1 cm³/mol. The highest BCUT2D eigenvalue weighted by Crippen LogP contribution is 2.22. The van der Waals surface area contributed by atoms with Crippen LogP contribution in [0.3, 0.4) is 0 Å². The lowest BCUT2D eigenvalue weighted by molar-refractivity contribution is 0.725. The van der Waals surface area contributed by atoms with Crippen LogP contribution in [0.25, 0.3) is 0 Å². The smallest absolute Gasteiger partial charge is 0.0797 e. The maximum atomic E-state index is 4.29. The average Bonchev–Trinajstić information content (AvgIpc) is 2.83. The van der Waals surface area contributed by atoms with Gasteiger partial charge in [-0.1, -0.05) is 19.1 Å². The Morgan fingerprint density at radius 3 is 3.00 bits per heavy atom. The number of hydrogen-bond acceptors (Lipinski definition) is 4. The Hall–Kier alpha value is -0.840. The molecule has 0 aliphatic heterocycles. The molecule has 1 N–H and O–H groups in total. The fourth-order valence-electron chi connectivity index (χ4n) is 1.84. The number of aromatic nitrogens is 1. The van der Waals surface area contributed by atoms with Gasteiger partial charge in [0.05, 0.1) is 11.2 Å². The standard InChI is InChI=1S/C15H20N2S2/c1-3-16-10-13-5-4-6-14(9-13)18-8-7-15-12(2)17-11-19-15/h4-6,9,11,16H,3,7-8,10H2,1-2H3. The zero-order valence-electron chi connectivity index (χ0n) is 11.5. The molecule has 0 unspecified atom stereocenters. The quantitative estimate of drug-likeness (QED) is 0.784. The molecule has 0 bridgehead atoms. The van der Waals surface area contributed by atoms with Gasteiger partial charge < -0.3 is 5.32 Å². The number of nitrogens with one attached hydrogen (secondary N) is 1. The third-order valence-electron chi connectivity index (χ3n) is 2.92. The number of benzene rings is 1. The molecular weight excluding hydrogens is 272 g/mol. The van der Waals surface area contributed by atoms with Gasteiger partial charge in [0.25, 0.3) is 0 Å². The topological polar surface area (TPSA) is 24.9 Å². The zero-order valence-corrected chi connectivity index (χ0v) is 13.1. The molecule has 0 saturated carbocycles. The van der Waals surface area contributed by atoms with Crippen LogP contribution in [-0.4, -0.2) is 17.3 Å². The van der Waals surface area contributed by atoms with E-state index in [0.717, 1.165) is 25.3 Å². The average molecular weight is 292 g/mol. The summed E-state index contributed by atoms with van der Waals surface area (Å²) in [4.78, 5) is 7.06. The first kappa shape index (κ1) is 14.6. The number of rotatable bonds is 7. The van der Waals surface area contributed by atoms with E-state index in [2.05, 4.69) is 48.4 Å². The first-order chi connectivity index (χ1) is 9.29. The molecule has 2 nitrogen and oxygen atoms in total. The van der Waals surface area contributed by atoms with E-state index in [1.807, 2.05) is 17.3 Å². The molecule has 0 spiro atoms. The van der Waals surface area contributed by atoms with Gasteiger partial charge in [-0.25, -0.2) is 4.98 Å². The highest BCUT2D eigenvalue weighted by molar-refractivity contribution is 7.99. The van der Waals surface area contributed by atoms with Gasteiger partial charge in [0.1, 0.15) is 0 Å². The summed E-state index contributed by atoms with van der Waals surface area (Å²) in [6.45, 7) is 6.20. The van der Waals surface area contributed by atoms with Crippen molar-refractivity contribution < 1.29 is 0 Å². The maximum Gasteiger partial charge on any atom is 0.0797 e. The lowest BCUT2D eigenvalue weighted by Crippen LogP contribution is -2.11. The zero-order chi connectivity index (χ0) is 13.5. The van der Waals surface area contributed by atoms with Crippen molar-refractivity contribution in [2.24, 2.45) is 0 Å². The van der Waals surface area contributed by atoms with Gasteiger partial charge in [-0.05, 0) is 37.6 Å². The molecule has 2 aromatic rings. The van der Waals surface area contributed by atoms with Gasteiger partial charge in [0.2, 0.25) is 0 Å². The molecule has 1 aromatic carbocycles. The Kier molecular flexibility index (Phi) is 5.89. The molecule has 19 heavy (non-hydrogen) atoms. The molecule has 4 heteroatoms. The molecule has 0 aliphatic rings. The Morgan fingerprint density at radius 2 is 2.26 bits per heavy atom. The summed E-state index contributed by atoms with van der Waals surface area (Å²) in [7, 11) is 0. The van der Waals surface area contributed by atoms with Crippen LogP contribution in [0.1, 0.15) is 23.1 Å². The third-order valence-corrected chi connectivity index (χ3v) is 4.91. The molecule has 0 saturated heterocycles. The number of hydrogen-bond donors (Lipinski definition) is 1. The maximum absolute atomic E-state index is 4.29. The van der Waals surface area contributed by atoms with Crippen molar-refractivity contribution in [2.45, 2.75) is 31.7 Å². The minimum absolute atomic E-state index is 0.957. The first-order valence-electron chi connectivity index (χ1n) is 6.61. The number of aryl methyl sites for hydroxylation is 2. The molecule has 1 aromatic heterocycles. The minimum Gasteiger partial charge on any atom is -0.313 e. The fraction of sp³-hybridized carbons (Fsp3) is 0.400. The fourth-order valence-corrected chi connectivity index (χ4v) is 3.70.